The molecule has 1 aliphatic carbocycles. The Hall–Kier alpha value is -3.39. The van der Waals surface area contributed by atoms with Crippen molar-refractivity contribution in [2.75, 3.05) is 26.8 Å². The SMILES string of the molecule is COc1cccc(OC[C@H]2c3ccsc3CCN2C(=O)CN(C(=O)c2ccccc2F)C2CC2)c1. The van der Waals surface area contributed by atoms with E-state index in [2.05, 4.69) is 0 Å². The lowest BCUT2D eigenvalue weighted by atomic mass is 10.0. The Kier molecular flexibility index (Phi) is 6.72. The Morgan fingerprint density at radius 2 is 1.91 bits per heavy atom. The van der Waals surface area contributed by atoms with Crippen molar-refractivity contribution < 1.29 is 23.5 Å². The zero-order valence-electron chi connectivity index (χ0n) is 19.5. The van der Waals surface area contributed by atoms with Crippen molar-refractivity contribution in [3.63, 3.8) is 0 Å². The minimum Gasteiger partial charge on any atom is -0.497 e. The van der Waals surface area contributed by atoms with Crippen LogP contribution in [0.4, 0.5) is 4.39 Å². The summed E-state index contributed by atoms with van der Waals surface area (Å²) >= 11 is 1.68. The number of hydrogen-bond donors (Lipinski definition) is 0. The number of fused-ring (bicyclic) bond motifs is 1. The number of amides is 2. The Morgan fingerprint density at radius 1 is 1.11 bits per heavy atom. The molecule has 8 heteroatoms. The summed E-state index contributed by atoms with van der Waals surface area (Å²) in [6, 6.07) is 15.1. The topological polar surface area (TPSA) is 59.1 Å². The molecule has 5 rings (SSSR count). The second-order valence-corrected chi connectivity index (χ2v) is 9.79. The van der Waals surface area contributed by atoms with Crippen LogP contribution in [-0.2, 0) is 11.2 Å². The number of benzene rings is 2. The van der Waals surface area contributed by atoms with E-state index >= 15 is 0 Å². The van der Waals surface area contributed by atoms with E-state index in [1.807, 2.05) is 35.7 Å². The molecule has 35 heavy (non-hydrogen) atoms. The van der Waals surface area contributed by atoms with Crippen molar-refractivity contribution >= 4 is 23.2 Å². The van der Waals surface area contributed by atoms with Crippen LogP contribution >= 0.6 is 11.3 Å². The Balaban J connectivity index is 1.35. The molecule has 2 amide bonds. The summed E-state index contributed by atoms with van der Waals surface area (Å²) in [5, 5.41) is 2.04. The lowest BCUT2D eigenvalue weighted by Crippen LogP contribution is -2.48. The van der Waals surface area contributed by atoms with Gasteiger partial charge < -0.3 is 19.3 Å². The first-order valence-corrected chi connectivity index (χ1v) is 12.6. The Morgan fingerprint density at radius 3 is 2.69 bits per heavy atom. The third kappa shape index (κ3) is 5.03. The van der Waals surface area contributed by atoms with Gasteiger partial charge in [-0.1, -0.05) is 18.2 Å². The number of thiophene rings is 1. The van der Waals surface area contributed by atoms with E-state index in [9.17, 15) is 14.0 Å². The minimum absolute atomic E-state index is 0.00359. The van der Waals surface area contributed by atoms with Gasteiger partial charge in [0.2, 0.25) is 5.91 Å². The number of methoxy groups -OCH3 is 1. The standard InChI is InChI=1S/C27H27FN2O4S/c1-33-19-5-4-6-20(15-19)34-17-24-22-12-14-35-25(22)11-13-29(24)26(31)16-30(18-9-10-18)27(32)21-7-2-3-8-23(21)28/h2-8,12,14-15,18,24H,9-11,13,16-17H2,1H3/t24-/m0/s1. The summed E-state index contributed by atoms with van der Waals surface area (Å²) in [6.07, 6.45) is 2.41. The number of nitrogens with zero attached hydrogens (tertiary/aromatic N) is 2. The van der Waals surface area contributed by atoms with Gasteiger partial charge in [0.15, 0.2) is 0 Å². The molecule has 0 radical (unpaired) electrons. The number of carbonyl (C=O) groups is 2. The molecule has 0 N–H and O–H groups in total. The molecular formula is C27H27FN2O4S. The molecule has 2 aromatic carbocycles. The maximum absolute atomic E-state index is 14.3. The normalized spacial score (nSPS) is 17.0. The van der Waals surface area contributed by atoms with Crippen molar-refractivity contribution in [3.8, 4) is 11.5 Å². The maximum atomic E-state index is 14.3. The minimum atomic E-state index is -0.568. The van der Waals surface area contributed by atoms with Crippen molar-refractivity contribution in [1.82, 2.24) is 9.80 Å². The molecular weight excluding hydrogens is 467 g/mol. The van der Waals surface area contributed by atoms with Crippen molar-refractivity contribution in [3.05, 3.63) is 81.8 Å². The number of halogens is 1. The smallest absolute Gasteiger partial charge is 0.257 e. The molecule has 0 bridgehead atoms. The molecule has 1 fully saturated rings. The highest BCUT2D eigenvalue weighted by Gasteiger charge is 2.38. The van der Waals surface area contributed by atoms with Gasteiger partial charge in [-0.15, -0.1) is 11.3 Å². The van der Waals surface area contributed by atoms with E-state index in [4.69, 9.17) is 9.47 Å². The average molecular weight is 495 g/mol. The molecule has 6 nitrogen and oxygen atoms in total. The van der Waals surface area contributed by atoms with Gasteiger partial charge in [-0.2, -0.15) is 0 Å². The quantitative estimate of drug-likeness (QED) is 0.455. The van der Waals surface area contributed by atoms with Crippen LogP contribution in [0.5, 0.6) is 11.5 Å². The Labute approximate surface area is 207 Å². The van der Waals surface area contributed by atoms with E-state index in [1.54, 1.807) is 35.5 Å². The molecule has 2 aliphatic rings. The van der Waals surface area contributed by atoms with Crippen LogP contribution in [0, 0.1) is 5.82 Å². The number of rotatable bonds is 8. The van der Waals surface area contributed by atoms with Crippen molar-refractivity contribution in [2.24, 2.45) is 0 Å². The molecule has 1 aromatic heterocycles. The van der Waals surface area contributed by atoms with Gasteiger partial charge in [-0.25, -0.2) is 4.39 Å². The second kappa shape index (κ2) is 10.1. The first-order chi connectivity index (χ1) is 17.0. The first kappa shape index (κ1) is 23.4. The predicted molar refractivity (Wildman–Crippen MR) is 131 cm³/mol. The molecule has 0 saturated heterocycles. The molecule has 1 atom stereocenters. The lowest BCUT2D eigenvalue weighted by Gasteiger charge is -2.37. The molecule has 0 unspecified atom stereocenters. The average Bonchev–Trinajstić information content (AvgIpc) is 3.61. The predicted octanol–water partition coefficient (Wildman–Crippen LogP) is 4.71. The van der Waals surface area contributed by atoms with E-state index in [0.29, 0.717) is 18.0 Å². The summed E-state index contributed by atoms with van der Waals surface area (Å²) < 4.78 is 25.7. The number of carbonyl (C=O) groups excluding carboxylic acids is 2. The highest BCUT2D eigenvalue weighted by Crippen LogP contribution is 2.35. The van der Waals surface area contributed by atoms with Gasteiger partial charge in [-0.05, 0) is 60.5 Å². The fraction of sp³-hybridized carbons (Fsp3) is 0.333. The van der Waals surface area contributed by atoms with Crippen LogP contribution in [0.1, 0.15) is 39.7 Å². The largest absolute Gasteiger partial charge is 0.497 e. The van der Waals surface area contributed by atoms with E-state index in [-0.39, 0.29) is 36.7 Å². The van der Waals surface area contributed by atoms with E-state index in [0.717, 1.165) is 24.8 Å². The number of hydrogen-bond acceptors (Lipinski definition) is 5. The third-order valence-electron chi connectivity index (χ3n) is 6.52. The van der Waals surface area contributed by atoms with Crippen LogP contribution in [0.25, 0.3) is 0 Å². The van der Waals surface area contributed by atoms with Crippen molar-refractivity contribution in [2.45, 2.75) is 31.3 Å². The van der Waals surface area contributed by atoms with Crippen molar-refractivity contribution in [1.29, 1.82) is 0 Å². The third-order valence-corrected chi connectivity index (χ3v) is 7.52. The fourth-order valence-corrected chi connectivity index (χ4v) is 5.45. The first-order valence-electron chi connectivity index (χ1n) is 11.7. The van der Waals surface area contributed by atoms with E-state index < -0.39 is 11.7 Å². The van der Waals surface area contributed by atoms with E-state index in [1.165, 1.54) is 21.9 Å². The summed E-state index contributed by atoms with van der Waals surface area (Å²) in [5.74, 6) is 0.200. The molecule has 182 valence electrons. The van der Waals surface area contributed by atoms with Crippen LogP contribution in [0.3, 0.4) is 0 Å². The molecule has 1 saturated carbocycles. The fourth-order valence-electron chi connectivity index (χ4n) is 4.52. The highest BCUT2D eigenvalue weighted by molar-refractivity contribution is 7.10. The molecule has 1 aliphatic heterocycles. The highest BCUT2D eigenvalue weighted by atomic mass is 32.1. The molecule has 3 aromatic rings. The van der Waals surface area contributed by atoms with Gasteiger partial charge in [0.1, 0.15) is 30.5 Å². The Bertz CT molecular complexity index is 1230. The monoisotopic (exact) mass is 494 g/mol. The summed E-state index contributed by atoms with van der Waals surface area (Å²) in [4.78, 5) is 31.3. The summed E-state index contributed by atoms with van der Waals surface area (Å²) in [5.41, 5.74) is 1.08. The summed E-state index contributed by atoms with van der Waals surface area (Å²) in [6.45, 7) is 0.755. The number of ether oxygens (including phenoxy) is 2. The van der Waals surface area contributed by atoms with Gasteiger partial charge in [0, 0.05) is 23.5 Å². The van der Waals surface area contributed by atoms with Gasteiger partial charge in [0.25, 0.3) is 5.91 Å². The van der Waals surface area contributed by atoms with Gasteiger partial charge in [0.05, 0.1) is 18.7 Å². The zero-order valence-corrected chi connectivity index (χ0v) is 20.3. The molecule has 2 heterocycles. The zero-order chi connectivity index (χ0) is 24.4. The van der Waals surface area contributed by atoms with Crippen LogP contribution in [-0.4, -0.2) is 54.5 Å². The van der Waals surface area contributed by atoms with Gasteiger partial charge >= 0.3 is 0 Å². The van der Waals surface area contributed by atoms with Gasteiger partial charge in [-0.3, -0.25) is 9.59 Å². The van der Waals surface area contributed by atoms with Crippen LogP contribution in [0.15, 0.2) is 60.0 Å². The second-order valence-electron chi connectivity index (χ2n) is 8.79. The van der Waals surface area contributed by atoms with Crippen LogP contribution < -0.4 is 9.47 Å². The molecule has 0 spiro atoms. The lowest BCUT2D eigenvalue weighted by molar-refractivity contribution is -0.135. The summed E-state index contributed by atoms with van der Waals surface area (Å²) in [7, 11) is 1.60. The van der Waals surface area contributed by atoms with Crippen LogP contribution in [0.2, 0.25) is 0 Å². The maximum Gasteiger partial charge on any atom is 0.257 e.